The molecule has 0 radical (unpaired) electrons. The highest BCUT2D eigenvalue weighted by Gasteiger charge is 2.47. The average molecular weight is 542 g/mol. The van der Waals surface area contributed by atoms with Crippen LogP contribution in [0.1, 0.15) is 76.4 Å². The van der Waals surface area contributed by atoms with Gasteiger partial charge in [0.1, 0.15) is 12.2 Å². The van der Waals surface area contributed by atoms with Crippen LogP contribution in [-0.2, 0) is 11.3 Å². The number of ether oxygens (including phenoxy) is 1. The summed E-state index contributed by atoms with van der Waals surface area (Å²) in [6, 6.07) is 0.329. The molecular formula is C25H39N11O3. The number of likely N-dealkylation sites (tertiary alicyclic amines) is 1. The van der Waals surface area contributed by atoms with Crippen LogP contribution >= 0.6 is 0 Å². The molecule has 2 saturated heterocycles. The van der Waals surface area contributed by atoms with Gasteiger partial charge in [-0.15, -0.1) is 10.2 Å². The second kappa shape index (κ2) is 11.7. The lowest BCUT2D eigenvalue weighted by Gasteiger charge is -2.26. The van der Waals surface area contributed by atoms with Gasteiger partial charge in [-0.1, -0.05) is 25.7 Å². The maximum absolute atomic E-state index is 11.0. The Morgan fingerprint density at radius 2 is 1.82 bits per heavy atom. The number of piperidine rings is 1. The van der Waals surface area contributed by atoms with Crippen molar-refractivity contribution in [2.75, 3.05) is 36.8 Å². The Bertz CT molecular complexity index is 1240. The Balaban J connectivity index is 1.27. The van der Waals surface area contributed by atoms with Crippen molar-refractivity contribution in [2.45, 2.75) is 95.4 Å². The van der Waals surface area contributed by atoms with Gasteiger partial charge in [-0.25, -0.2) is 4.98 Å². The molecule has 0 aromatic carbocycles. The number of anilines is 2. The molecule has 39 heavy (non-hydrogen) atoms. The molecule has 0 spiro atoms. The molecule has 4 atom stereocenters. The van der Waals surface area contributed by atoms with Gasteiger partial charge < -0.3 is 30.5 Å². The molecule has 6 rings (SSSR count). The van der Waals surface area contributed by atoms with E-state index in [1.165, 1.54) is 43.3 Å². The first-order valence-electron chi connectivity index (χ1n) is 14.4. The summed E-state index contributed by atoms with van der Waals surface area (Å²) in [5, 5.41) is 41.0. The first-order valence-corrected chi connectivity index (χ1v) is 14.4. The fraction of sp³-hybridized carbons (Fsp3) is 0.760. The number of imidazole rings is 1. The fourth-order valence-corrected chi connectivity index (χ4v) is 5.84. The molecule has 2 aliphatic heterocycles. The third kappa shape index (κ3) is 5.55. The molecular weight excluding hydrogens is 502 g/mol. The van der Waals surface area contributed by atoms with E-state index in [9.17, 15) is 10.2 Å². The van der Waals surface area contributed by atoms with Crippen LogP contribution in [0.3, 0.4) is 0 Å². The van der Waals surface area contributed by atoms with Crippen molar-refractivity contribution in [2.24, 2.45) is 0 Å². The SMILES string of the molecule is CCn1nnc([C@H]2O[C@@H](n3cnc4c(NC5CCCCC5)nc(NCCN5CCCCC5)nc43)[C@H](O)[C@@H]2O)n1. The zero-order valence-corrected chi connectivity index (χ0v) is 22.5. The zero-order valence-electron chi connectivity index (χ0n) is 22.5. The maximum Gasteiger partial charge on any atom is 0.226 e. The van der Waals surface area contributed by atoms with Crippen LogP contribution in [0.2, 0.25) is 0 Å². The highest BCUT2D eigenvalue weighted by Crippen LogP contribution is 2.39. The summed E-state index contributed by atoms with van der Waals surface area (Å²) in [5.74, 6) is 1.39. The Morgan fingerprint density at radius 1 is 1.03 bits per heavy atom. The van der Waals surface area contributed by atoms with Gasteiger partial charge in [-0.05, 0) is 50.9 Å². The second-order valence-corrected chi connectivity index (χ2v) is 10.8. The summed E-state index contributed by atoms with van der Waals surface area (Å²) < 4.78 is 7.77. The highest BCUT2D eigenvalue weighted by molar-refractivity contribution is 5.84. The van der Waals surface area contributed by atoms with Gasteiger partial charge in [0.2, 0.25) is 11.8 Å². The van der Waals surface area contributed by atoms with E-state index in [1.807, 2.05) is 6.92 Å². The maximum atomic E-state index is 11.0. The standard InChI is InChI=1S/C25H39N11O3/c1-2-36-32-22(31-33-36)20-18(37)19(38)24(39-20)35-15-27-17-21(28-16-9-5-3-6-10-16)29-25(30-23(17)35)26-11-14-34-12-7-4-8-13-34/h15-16,18-20,24,37-38H,2-14H2,1H3,(H2,26,28,29,30)/t18-,19+,20-,24+/m0/s1. The first-order chi connectivity index (χ1) is 19.1. The van der Waals surface area contributed by atoms with Crippen molar-refractivity contribution in [3.8, 4) is 0 Å². The molecule has 1 saturated carbocycles. The summed E-state index contributed by atoms with van der Waals surface area (Å²) in [6.07, 6.45) is 6.90. The number of fused-ring (bicyclic) bond motifs is 1. The quantitative estimate of drug-likeness (QED) is 0.309. The monoisotopic (exact) mass is 541 g/mol. The van der Waals surface area contributed by atoms with Crippen molar-refractivity contribution in [1.29, 1.82) is 0 Å². The molecule has 3 fully saturated rings. The average Bonchev–Trinajstić information content (AvgIpc) is 3.68. The number of nitrogens with zero attached hydrogens (tertiary/aromatic N) is 9. The van der Waals surface area contributed by atoms with Crippen LogP contribution in [0.4, 0.5) is 11.8 Å². The van der Waals surface area contributed by atoms with Gasteiger partial charge in [0.15, 0.2) is 29.3 Å². The molecule has 5 heterocycles. The van der Waals surface area contributed by atoms with E-state index in [0.29, 0.717) is 35.5 Å². The molecule has 0 unspecified atom stereocenters. The molecule has 0 amide bonds. The van der Waals surface area contributed by atoms with E-state index in [-0.39, 0.29) is 5.82 Å². The summed E-state index contributed by atoms with van der Waals surface area (Å²) >= 11 is 0. The number of rotatable bonds is 9. The molecule has 14 heteroatoms. The molecule has 0 bridgehead atoms. The second-order valence-electron chi connectivity index (χ2n) is 10.8. The van der Waals surface area contributed by atoms with E-state index < -0.39 is 24.5 Å². The molecule has 212 valence electrons. The van der Waals surface area contributed by atoms with Gasteiger partial charge >= 0.3 is 0 Å². The Morgan fingerprint density at radius 3 is 2.59 bits per heavy atom. The third-order valence-electron chi connectivity index (χ3n) is 8.05. The lowest BCUT2D eigenvalue weighted by molar-refractivity contribution is -0.0384. The van der Waals surface area contributed by atoms with Crippen LogP contribution in [0, 0.1) is 0 Å². The van der Waals surface area contributed by atoms with Gasteiger partial charge in [0.05, 0.1) is 12.9 Å². The van der Waals surface area contributed by atoms with Crippen LogP contribution in [0.25, 0.3) is 11.2 Å². The minimum atomic E-state index is -1.23. The van der Waals surface area contributed by atoms with E-state index in [0.717, 1.165) is 39.0 Å². The summed E-state index contributed by atoms with van der Waals surface area (Å²) in [4.78, 5) is 18.1. The summed E-state index contributed by atoms with van der Waals surface area (Å²) in [7, 11) is 0. The third-order valence-corrected chi connectivity index (χ3v) is 8.05. The number of aliphatic hydroxyl groups is 2. The summed E-state index contributed by atoms with van der Waals surface area (Å²) in [5.41, 5.74) is 1.12. The largest absolute Gasteiger partial charge is 0.387 e. The van der Waals surface area contributed by atoms with E-state index in [2.05, 4.69) is 35.9 Å². The van der Waals surface area contributed by atoms with Crippen LogP contribution in [-0.4, -0.2) is 99.3 Å². The number of hydrogen-bond acceptors (Lipinski definition) is 12. The predicted octanol–water partition coefficient (Wildman–Crippen LogP) is 1.47. The lowest BCUT2D eigenvalue weighted by atomic mass is 9.95. The smallest absolute Gasteiger partial charge is 0.226 e. The van der Waals surface area contributed by atoms with Crippen molar-refractivity contribution >= 4 is 22.9 Å². The Kier molecular flexibility index (Phi) is 7.86. The number of aliphatic hydroxyl groups excluding tert-OH is 2. The van der Waals surface area contributed by atoms with Crippen LogP contribution < -0.4 is 10.6 Å². The van der Waals surface area contributed by atoms with Crippen LogP contribution in [0.15, 0.2) is 6.33 Å². The molecule has 1 aliphatic carbocycles. The number of tetrazole rings is 1. The topological polar surface area (TPSA) is 164 Å². The van der Waals surface area contributed by atoms with Crippen molar-refractivity contribution < 1.29 is 14.9 Å². The van der Waals surface area contributed by atoms with Gasteiger partial charge in [-0.2, -0.15) is 14.8 Å². The van der Waals surface area contributed by atoms with E-state index in [1.54, 1.807) is 10.9 Å². The molecule has 14 nitrogen and oxygen atoms in total. The fourth-order valence-electron chi connectivity index (χ4n) is 5.84. The number of aromatic nitrogens is 8. The predicted molar refractivity (Wildman–Crippen MR) is 143 cm³/mol. The van der Waals surface area contributed by atoms with Gasteiger partial charge in [0, 0.05) is 19.1 Å². The van der Waals surface area contributed by atoms with Crippen molar-refractivity contribution in [1.82, 2.24) is 44.6 Å². The highest BCUT2D eigenvalue weighted by atomic mass is 16.6. The number of hydrogen-bond donors (Lipinski definition) is 4. The minimum Gasteiger partial charge on any atom is -0.387 e. The number of nitrogens with one attached hydrogen (secondary N) is 2. The summed E-state index contributed by atoms with van der Waals surface area (Å²) in [6.45, 7) is 6.34. The van der Waals surface area contributed by atoms with Crippen LogP contribution in [0.5, 0.6) is 0 Å². The van der Waals surface area contributed by atoms with E-state index in [4.69, 9.17) is 14.7 Å². The molecule has 3 aliphatic rings. The van der Waals surface area contributed by atoms with E-state index >= 15 is 0 Å². The zero-order chi connectivity index (χ0) is 26.8. The Labute approximate surface area is 227 Å². The lowest BCUT2D eigenvalue weighted by Crippen LogP contribution is -2.34. The first kappa shape index (κ1) is 26.3. The van der Waals surface area contributed by atoms with Gasteiger partial charge in [0.25, 0.3) is 0 Å². The molecule has 3 aromatic rings. The molecule has 3 aromatic heterocycles. The Hall–Kier alpha value is -2.94. The number of aryl methyl sites for hydroxylation is 1. The normalized spacial score (nSPS) is 26.8. The van der Waals surface area contributed by atoms with Crippen molar-refractivity contribution in [3.05, 3.63) is 12.2 Å². The van der Waals surface area contributed by atoms with Crippen molar-refractivity contribution in [3.63, 3.8) is 0 Å². The van der Waals surface area contributed by atoms with Gasteiger partial charge in [-0.3, -0.25) is 4.57 Å². The minimum absolute atomic E-state index is 0.227. The molecule has 4 N–H and O–H groups in total.